The second-order valence-electron chi connectivity index (χ2n) is 9.69. The fraction of sp³-hybridized carbons (Fsp3) is 0.750. The highest BCUT2D eigenvalue weighted by atomic mass is 16.1. The molecule has 1 heterocycles. The monoisotopic (exact) mass is 428 g/mol. The van der Waals surface area contributed by atoms with Crippen molar-refractivity contribution in [2.75, 3.05) is 39.8 Å². The summed E-state index contributed by atoms with van der Waals surface area (Å²) in [5, 5.41) is 0. The van der Waals surface area contributed by atoms with Crippen LogP contribution in [-0.4, -0.2) is 55.4 Å². The van der Waals surface area contributed by atoms with Crippen molar-refractivity contribution < 1.29 is 4.79 Å². The molecule has 0 N–H and O–H groups in total. The van der Waals surface area contributed by atoms with Gasteiger partial charge in [0.25, 0.3) is 0 Å². The lowest BCUT2D eigenvalue weighted by Crippen LogP contribution is -2.46. The van der Waals surface area contributed by atoms with Crippen molar-refractivity contribution in [1.29, 1.82) is 0 Å². The largest absolute Gasteiger partial charge is 0.304 e. The Morgan fingerprint density at radius 2 is 1.19 bits per heavy atom. The molecule has 0 atom stereocenters. The molecule has 31 heavy (non-hydrogen) atoms. The maximum absolute atomic E-state index is 12.5. The summed E-state index contributed by atoms with van der Waals surface area (Å²) >= 11 is 0. The highest BCUT2D eigenvalue weighted by Crippen LogP contribution is 2.14. The number of benzene rings is 1. The number of ketones is 1. The van der Waals surface area contributed by atoms with Crippen LogP contribution >= 0.6 is 0 Å². The van der Waals surface area contributed by atoms with Crippen LogP contribution in [0.15, 0.2) is 24.3 Å². The van der Waals surface area contributed by atoms with Gasteiger partial charge in [-0.1, -0.05) is 108 Å². The normalized spacial score (nSPS) is 15.4. The summed E-state index contributed by atoms with van der Waals surface area (Å²) in [6, 6.07) is 8.40. The van der Waals surface area contributed by atoms with E-state index >= 15 is 0 Å². The molecule has 2 rings (SSSR count). The molecule has 0 spiro atoms. The van der Waals surface area contributed by atoms with Crippen molar-refractivity contribution in [3.63, 3.8) is 0 Å². The van der Waals surface area contributed by atoms with Gasteiger partial charge in [-0.15, -0.1) is 0 Å². The van der Waals surface area contributed by atoms with E-state index in [4.69, 9.17) is 0 Å². The highest BCUT2D eigenvalue weighted by molar-refractivity contribution is 5.97. The third-order valence-corrected chi connectivity index (χ3v) is 6.81. The minimum atomic E-state index is 0.261. The second kappa shape index (κ2) is 16.4. The van der Waals surface area contributed by atoms with Crippen LogP contribution in [0.25, 0.3) is 0 Å². The van der Waals surface area contributed by atoms with Crippen LogP contribution in [-0.2, 0) is 6.42 Å². The molecule has 1 aromatic rings. The van der Waals surface area contributed by atoms with Crippen LogP contribution in [0.3, 0.4) is 0 Å². The van der Waals surface area contributed by atoms with E-state index in [1.807, 2.05) is 12.1 Å². The predicted octanol–water partition coefficient (Wildman–Crippen LogP) is 6.75. The smallest absolute Gasteiger partial charge is 0.176 e. The molecule has 0 amide bonds. The van der Waals surface area contributed by atoms with E-state index in [0.29, 0.717) is 6.54 Å². The van der Waals surface area contributed by atoms with Gasteiger partial charge in [0.15, 0.2) is 5.78 Å². The molecule has 0 aliphatic carbocycles. The Morgan fingerprint density at radius 1 is 0.710 bits per heavy atom. The molecule has 1 saturated heterocycles. The number of hydrogen-bond acceptors (Lipinski definition) is 3. The van der Waals surface area contributed by atoms with Gasteiger partial charge in [-0.05, 0) is 25.5 Å². The molecule has 1 aliphatic heterocycles. The molecular weight excluding hydrogens is 380 g/mol. The molecule has 0 aromatic heterocycles. The molecular formula is C28H48N2O. The number of nitrogens with zero attached hydrogens (tertiary/aromatic N) is 2. The van der Waals surface area contributed by atoms with E-state index in [9.17, 15) is 4.79 Å². The van der Waals surface area contributed by atoms with Gasteiger partial charge in [-0.3, -0.25) is 9.69 Å². The van der Waals surface area contributed by atoms with Gasteiger partial charge in [0.1, 0.15) is 0 Å². The first-order valence-electron chi connectivity index (χ1n) is 13.2. The summed E-state index contributed by atoms with van der Waals surface area (Å²) in [7, 11) is 2.15. The van der Waals surface area contributed by atoms with Gasteiger partial charge in [-0.2, -0.15) is 0 Å². The summed E-state index contributed by atoms with van der Waals surface area (Å²) in [6.07, 6.45) is 19.3. The molecule has 0 bridgehead atoms. The van der Waals surface area contributed by atoms with E-state index in [1.54, 1.807) is 0 Å². The number of piperazine rings is 1. The van der Waals surface area contributed by atoms with Gasteiger partial charge in [0, 0.05) is 31.7 Å². The van der Waals surface area contributed by atoms with E-state index in [2.05, 4.69) is 35.9 Å². The SMILES string of the molecule is CCCCCCCCCCCCCCCc1ccc(C(=O)CN2CCN(C)CC2)cc1. The molecule has 1 aliphatic rings. The first-order chi connectivity index (χ1) is 15.2. The zero-order valence-corrected chi connectivity index (χ0v) is 20.5. The third kappa shape index (κ3) is 11.8. The minimum absolute atomic E-state index is 0.261. The van der Waals surface area contributed by atoms with E-state index < -0.39 is 0 Å². The Hall–Kier alpha value is -1.19. The summed E-state index contributed by atoms with van der Waals surface area (Å²) in [5.74, 6) is 0.261. The van der Waals surface area contributed by atoms with Crippen LogP contribution in [0.4, 0.5) is 0 Å². The number of hydrogen-bond donors (Lipinski definition) is 0. The molecule has 0 saturated carbocycles. The average Bonchev–Trinajstić information content (AvgIpc) is 2.79. The molecule has 3 heteroatoms. The standard InChI is InChI=1S/C28H48N2O/c1-3-4-5-6-7-8-9-10-11-12-13-14-15-16-26-17-19-27(20-18-26)28(31)25-30-23-21-29(2)22-24-30/h17-20H,3-16,21-25H2,1-2H3. The van der Waals surface area contributed by atoms with Crippen molar-refractivity contribution in [3.8, 4) is 0 Å². The van der Waals surface area contributed by atoms with E-state index in [0.717, 1.165) is 38.2 Å². The minimum Gasteiger partial charge on any atom is -0.304 e. The summed E-state index contributed by atoms with van der Waals surface area (Å²) in [5.41, 5.74) is 2.24. The fourth-order valence-electron chi connectivity index (χ4n) is 4.50. The number of carbonyl (C=O) groups excluding carboxylic acids is 1. The van der Waals surface area contributed by atoms with E-state index in [-0.39, 0.29) is 5.78 Å². The number of likely N-dealkylation sites (N-methyl/N-ethyl adjacent to an activating group) is 1. The van der Waals surface area contributed by atoms with Crippen molar-refractivity contribution in [3.05, 3.63) is 35.4 Å². The molecule has 1 fully saturated rings. The van der Waals surface area contributed by atoms with Crippen molar-refractivity contribution in [2.24, 2.45) is 0 Å². The lowest BCUT2D eigenvalue weighted by atomic mass is 10.0. The first kappa shape index (κ1) is 26.1. The summed E-state index contributed by atoms with van der Waals surface area (Å²) < 4.78 is 0. The maximum atomic E-state index is 12.5. The maximum Gasteiger partial charge on any atom is 0.176 e. The second-order valence-corrected chi connectivity index (χ2v) is 9.69. The molecule has 3 nitrogen and oxygen atoms in total. The van der Waals surface area contributed by atoms with Crippen LogP contribution in [0.2, 0.25) is 0 Å². The first-order valence-corrected chi connectivity index (χ1v) is 13.2. The average molecular weight is 429 g/mol. The number of Topliss-reactive ketones (excluding diaryl/α,β-unsaturated/α-hetero) is 1. The lowest BCUT2D eigenvalue weighted by molar-refractivity contribution is 0.0876. The van der Waals surface area contributed by atoms with Crippen molar-refractivity contribution in [1.82, 2.24) is 9.80 Å². The number of rotatable bonds is 17. The van der Waals surface area contributed by atoms with Crippen LogP contribution in [0.1, 0.15) is 106 Å². The van der Waals surface area contributed by atoms with Crippen LogP contribution < -0.4 is 0 Å². The van der Waals surface area contributed by atoms with Crippen molar-refractivity contribution in [2.45, 2.75) is 96.8 Å². The Morgan fingerprint density at radius 3 is 1.71 bits per heavy atom. The highest BCUT2D eigenvalue weighted by Gasteiger charge is 2.17. The predicted molar refractivity (Wildman–Crippen MR) is 134 cm³/mol. The molecule has 0 unspecified atom stereocenters. The zero-order valence-electron chi connectivity index (χ0n) is 20.5. The van der Waals surface area contributed by atoms with Gasteiger partial charge in [0.05, 0.1) is 6.54 Å². The summed E-state index contributed by atoms with van der Waals surface area (Å²) in [6.45, 7) is 6.97. The topological polar surface area (TPSA) is 23.6 Å². The van der Waals surface area contributed by atoms with Gasteiger partial charge in [0.2, 0.25) is 0 Å². The molecule has 176 valence electrons. The Bertz CT molecular complexity index is 575. The van der Waals surface area contributed by atoms with Gasteiger partial charge in [-0.25, -0.2) is 0 Å². The van der Waals surface area contributed by atoms with Crippen LogP contribution in [0.5, 0.6) is 0 Å². The van der Waals surface area contributed by atoms with Gasteiger partial charge < -0.3 is 4.90 Å². The van der Waals surface area contributed by atoms with Gasteiger partial charge >= 0.3 is 0 Å². The zero-order chi connectivity index (χ0) is 22.2. The van der Waals surface area contributed by atoms with Crippen molar-refractivity contribution >= 4 is 5.78 Å². The molecule has 1 aromatic carbocycles. The summed E-state index contributed by atoms with van der Waals surface area (Å²) in [4.78, 5) is 17.1. The molecule has 0 radical (unpaired) electrons. The fourth-order valence-corrected chi connectivity index (χ4v) is 4.50. The third-order valence-electron chi connectivity index (χ3n) is 6.81. The lowest BCUT2D eigenvalue weighted by Gasteiger charge is -2.31. The number of aryl methyl sites for hydroxylation is 1. The number of unbranched alkanes of at least 4 members (excludes halogenated alkanes) is 12. The quantitative estimate of drug-likeness (QED) is 0.202. The van der Waals surface area contributed by atoms with Crippen LogP contribution in [0, 0.1) is 0 Å². The van der Waals surface area contributed by atoms with E-state index in [1.165, 1.54) is 89.0 Å². The number of carbonyl (C=O) groups is 1. The Kier molecular flexibility index (Phi) is 13.8. The Balaban J connectivity index is 1.46. The Labute approximate surface area is 192 Å².